The fourth-order valence-corrected chi connectivity index (χ4v) is 4.41. The van der Waals surface area contributed by atoms with E-state index in [2.05, 4.69) is 4.98 Å². The Hall–Kier alpha value is -2.25. The summed E-state index contributed by atoms with van der Waals surface area (Å²) in [5, 5.41) is 0.244. The van der Waals surface area contributed by atoms with E-state index in [0.29, 0.717) is 16.7 Å². The third kappa shape index (κ3) is 3.56. The van der Waals surface area contributed by atoms with Crippen molar-refractivity contribution >= 4 is 56.0 Å². The van der Waals surface area contributed by atoms with Gasteiger partial charge in [-0.25, -0.2) is 4.98 Å². The maximum Gasteiger partial charge on any atom is 0.340 e. The van der Waals surface area contributed by atoms with Crippen LogP contribution in [0.1, 0.15) is 0 Å². The van der Waals surface area contributed by atoms with Gasteiger partial charge in [-0.3, -0.25) is 0 Å². The molecule has 0 amide bonds. The van der Waals surface area contributed by atoms with Crippen molar-refractivity contribution in [3.05, 3.63) is 75.7 Å². The lowest BCUT2D eigenvalue weighted by Crippen LogP contribution is -2.11. The van der Waals surface area contributed by atoms with Gasteiger partial charge >= 0.3 is 10.1 Å². The van der Waals surface area contributed by atoms with Crippen LogP contribution in [-0.2, 0) is 10.1 Å². The predicted octanol–water partition coefficient (Wildman–Crippen LogP) is 6.22. The maximum absolute atomic E-state index is 12.8. The molecule has 0 aliphatic rings. The molecule has 0 aliphatic heterocycles. The van der Waals surface area contributed by atoms with E-state index in [-0.39, 0.29) is 31.6 Å². The molecule has 142 valence electrons. The summed E-state index contributed by atoms with van der Waals surface area (Å²) >= 11 is 18.0. The van der Waals surface area contributed by atoms with Gasteiger partial charge < -0.3 is 8.60 Å². The molecule has 0 bridgehead atoms. The normalized spacial score (nSPS) is 11.7. The summed E-state index contributed by atoms with van der Waals surface area (Å²) in [6, 6.07) is 15.9. The van der Waals surface area contributed by atoms with Gasteiger partial charge in [-0.05, 0) is 36.4 Å². The van der Waals surface area contributed by atoms with Crippen LogP contribution < -0.4 is 4.18 Å². The Morgan fingerprint density at radius 2 is 1.71 bits per heavy atom. The summed E-state index contributed by atoms with van der Waals surface area (Å²) in [6.07, 6.45) is 0. The van der Waals surface area contributed by atoms with Gasteiger partial charge in [0.1, 0.15) is 10.4 Å². The van der Waals surface area contributed by atoms with Gasteiger partial charge in [0.25, 0.3) is 0 Å². The van der Waals surface area contributed by atoms with E-state index in [0.717, 1.165) is 0 Å². The summed E-state index contributed by atoms with van der Waals surface area (Å²) in [4.78, 5) is 4.12. The van der Waals surface area contributed by atoms with Crippen molar-refractivity contribution in [1.29, 1.82) is 0 Å². The molecule has 0 unspecified atom stereocenters. The van der Waals surface area contributed by atoms with Crippen LogP contribution in [0.15, 0.2) is 70.0 Å². The van der Waals surface area contributed by atoms with E-state index >= 15 is 0 Å². The van der Waals surface area contributed by atoms with Crippen LogP contribution in [0.4, 0.5) is 0 Å². The number of rotatable bonds is 4. The Morgan fingerprint density at radius 3 is 2.50 bits per heavy atom. The molecule has 1 heterocycles. The predicted molar refractivity (Wildman–Crippen MR) is 109 cm³/mol. The lowest BCUT2D eigenvalue weighted by atomic mass is 10.2. The van der Waals surface area contributed by atoms with Crippen LogP contribution in [0.3, 0.4) is 0 Å². The van der Waals surface area contributed by atoms with E-state index in [9.17, 15) is 8.42 Å². The molecule has 0 N–H and O–H groups in total. The second kappa shape index (κ2) is 7.29. The largest absolute Gasteiger partial charge is 0.436 e. The Morgan fingerprint density at radius 1 is 0.929 bits per heavy atom. The lowest BCUT2D eigenvalue weighted by molar-refractivity contribution is 0.485. The van der Waals surface area contributed by atoms with Crippen LogP contribution in [0.5, 0.6) is 5.75 Å². The van der Waals surface area contributed by atoms with Gasteiger partial charge in [0.2, 0.25) is 5.89 Å². The van der Waals surface area contributed by atoms with Gasteiger partial charge in [-0.1, -0.05) is 53.0 Å². The Labute approximate surface area is 175 Å². The minimum absolute atomic E-state index is 0.0462. The molecule has 5 nitrogen and oxygen atoms in total. The van der Waals surface area contributed by atoms with Gasteiger partial charge in [0.05, 0.1) is 15.6 Å². The van der Waals surface area contributed by atoms with E-state index in [1.54, 1.807) is 24.3 Å². The van der Waals surface area contributed by atoms with Crippen molar-refractivity contribution in [2.24, 2.45) is 0 Å². The summed E-state index contributed by atoms with van der Waals surface area (Å²) in [6.45, 7) is 0. The standard InChI is InChI=1S/C19H10Cl3NO4S/c20-11-8-9-12(19-23-14-5-1-2-6-15(14)26-19)16(10-11)27-28(24,25)17-7-3-4-13(21)18(17)22/h1-10H. The molecule has 4 rings (SSSR count). The van der Waals surface area contributed by atoms with Crippen LogP contribution >= 0.6 is 34.8 Å². The monoisotopic (exact) mass is 453 g/mol. The second-order valence-electron chi connectivity index (χ2n) is 5.72. The molecule has 4 aromatic rings. The molecule has 0 saturated carbocycles. The summed E-state index contributed by atoms with van der Waals surface area (Å²) in [5.74, 6) is 0.148. The highest BCUT2D eigenvalue weighted by molar-refractivity contribution is 7.87. The van der Waals surface area contributed by atoms with E-state index in [4.69, 9.17) is 43.4 Å². The van der Waals surface area contributed by atoms with Crippen LogP contribution in [-0.4, -0.2) is 13.4 Å². The summed E-state index contributed by atoms with van der Waals surface area (Å²) in [5.41, 5.74) is 1.50. The molecular weight excluding hydrogens is 445 g/mol. The topological polar surface area (TPSA) is 69.4 Å². The number of hydrogen-bond acceptors (Lipinski definition) is 5. The molecule has 0 atom stereocenters. The first-order chi connectivity index (χ1) is 13.3. The molecule has 0 fully saturated rings. The second-order valence-corrected chi connectivity index (χ2v) is 8.45. The number of halogens is 3. The van der Waals surface area contributed by atoms with Crippen LogP contribution in [0, 0.1) is 0 Å². The van der Waals surface area contributed by atoms with Gasteiger partial charge in [-0.15, -0.1) is 0 Å². The van der Waals surface area contributed by atoms with Crippen molar-refractivity contribution in [1.82, 2.24) is 4.98 Å². The molecular formula is C19H10Cl3NO4S. The molecule has 28 heavy (non-hydrogen) atoms. The van der Waals surface area contributed by atoms with Crippen LogP contribution in [0.2, 0.25) is 15.1 Å². The molecule has 9 heteroatoms. The van der Waals surface area contributed by atoms with Crippen molar-refractivity contribution in [3.8, 4) is 17.2 Å². The molecule has 0 saturated heterocycles. The van der Waals surface area contributed by atoms with Crippen molar-refractivity contribution < 1.29 is 17.0 Å². The van der Waals surface area contributed by atoms with E-state index < -0.39 is 10.1 Å². The average Bonchev–Trinajstić information content (AvgIpc) is 3.07. The first kappa shape index (κ1) is 19.1. The summed E-state index contributed by atoms with van der Waals surface area (Å²) in [7, 11) is -4.29. The first-order valence-corrected chi connectivity index (χ1v) is 10.4. The fourth-order valence-electron chi connectivity index (χ4n) is 2.57. The number of hydrogen-bond donors (Lipinski definition) is 0. The number of oxazole rings is 1. The van der Waals surface area contributed by atoms with Crippen molar-refractivity contribution in [2.45, 2.75) is 4.90 Å². The fraction of sp³-hybridized carbons (Fsp3) is 0. The SMILES string of the molecule is O=S(=O)(Oc1cc(Cl)ccc1-c1nc2ccccc2o1)c1cccc(Cl)c1Cl. The number of nitrogens with zero attached hydrogens (tertiary/aromatic N) is 1. The van der Waals surface area contributed by atoms with E-state index in [1.165, 1.54) is 24.3 Å². The Kier molecular flexibility index (Phi) is 4.97. The molecule has 1 aromatic heterocycles. The third-order valence-electron chi connectivity index (χ3n) is 3.85. The quantitative estimate of drug-likeness (QED) is 0.342. The summed E-state index contributed by atoms with van der Waals surface area (Å²) < 4.78 is 36.6. The zero-order valence-electron chi connectivity index (χ0n) is 13.9. The van der Waals surface area contributed by atoms with Gasteiger partial charge in [-0.2, -0.15) is 8.42 Å². The lowest BCUT2D eigenvalue weighted by Gasteiger charge is -2.11. The first-order valence-electron chi connectivity index (χ1n) is 7.89. The number of aromatic nitrogens is 1. The number of para-hydroxylation sites is 2. The molecule has 0 aliphatic carbocycles. The number of benzene rings is 3. The highest BCUT2D eigenvalue weighted by atomic mass is 35.5. The highest BCUT2D eigenvalue weighted by Gasteiger charge is 2.25. The molecule has 0 radical (unpaired) electrons. The average molecular weight is 455 g/mol. The zero-order valence-corrected chi connectivity index (χ0v) is 17.0. The number of fused-ring (bicyclic) bond motifs is 1. The Bertz CT molecular complexity index is 1270. The van der Waals surface area contributed by atoms with E-state index in [1.807, 2.05) is 12.1 Å². The smallest absolute Gasteiger partial charge is 0.340 e. The third-order valence-corrected chi connectivity index (χ3v) is 6.30. The molecule has 3 aromatic carbocycles. The van der Waals surface area contributed by atoms with Crippen molar-refractivity contribution in [2.75, 3.05) is 0 Å². The maximum atomic E-state index is 12.8. The zero-order chi connectivity index (χ0) is 19.9. The minimum Gasteiger partial charge on any atom is -0.436 e. The van der Waals surface area contributed by atoms with Crippen molar-refractivity contribution in [3.63, 3.8) is 0 Å². The van der Waals surface area contributed by atoms with Gasteiger partial charge in [0, 0.05) is 11.1 Å². The minimum atomic E-state index is -4.29. The Balaban J connectivity index is 1.82. The highest BCUT2D eigenvalue weighted by Crippen LogP contribution is 2.37. The molecule has 0 spiro atoms. The van der Waals surface area contributed by atoms with Gasteiger partial charge in [0.15, 0.2) is 11.3 Å². The van der Waals surface area contributed by atoms with Crippen LogP contribution in [0.25, 0.3) is 22.6 Å².